The third kappa shape index (κ3) is 4.54. The van der Waals surface area contributed by atoms with E-state index in [9.17, 15) is 14.0 Å². The summed E-state index contributed by atoms with van der Waals surface area (Å²) in [5.41, 5.74) is 0.891. The molecule has 0 unspecified atom stereocenters. The van der Waals surface area contributed by atoms with Crippen molar-refractivity contribution in [3.63, 3.8) is 0 Å². The average molecular weight is 384 g/mol. The molecule has 0 aliphatic carbocycles. The standard InChI is InChI=1S/C19H26FN3O2.ClH/c1-13-11-16(5-6-21-13)19(25)23-9-7-22(8-10-23)18-4-3-15(14(2)24)12-17(18)20;/h3-4,12-13,16,21H,5-11H2,1-2H3;1H/t13-,16-;/m0./s1. The molecule has 2 aliphatic rings. The lowest BCUT2D eigenvalue weighted by atomic mass is 9.92. The molecule has 3 rings (SSSR count). The van der Waals surface area contributed by atoms with E-state index < -0.39 is 0 Å². The van der Waals surface area contributed by atoms with Crippen LogP contribution < -0.4 is 10.2 Å². The number of nitrogens with zero attached hydrogens (tertiary/aromatic N) is 2. The largest absolute Gasteiger partial charge is 0.366 e. The molecule has 7 heteroatoms. The second kappa shape index (κ2) is 8.82. The molecule has 0 saturated carbocycles. The maximum atomic E-state index is 14.3. The summed E-state index contributed by atoms with van der Waals surface area (Å²) in [5.74, 6) is -0.175. The molecule has 2 aliphatic heterocycles. The SMILES string of the molecule is CC(=O)c1ccc(N2CCN(C(=O)[C@H]3CCN[C@@H](C)C3)CC2)c(F)c1.Cl. The summed E-state index contributed by atoms with van der Waals surface area (Å²) in [7, 11) is 0. The number of nitrogens with one attached hydrogen (secondary N) is 1. The Kier molecular flexibility index (Phi) is 7.01. The Morgan fingerprint density at radius 2 is 1.88 bits per heavy atom. The van der Waals surface area contributed by atoms with Crippen LogP contribution in [0.2, 0.25) is 0 Å². The molecule has 26 heavy (non-hydrogen) atoms. The van der Waals surface area contributed by atoms with Crippen molar-refractivity contribution >= 4 is 29.8 Å². The number of anilines is 1. The first-order chi connectivity index (χ1) is 12.0. The fraction of sp³-hybridized carbons (Fsp3) is 0.579. The lowest BCUT2D eigenvalue weighted by Gasteiger charge is -2.39. The van der Waals surface area contributed by atoms with Gasteiger partial charge in [-0.3, -0.25) is 9.59 Å². The summed E-state index contributed by atoms with van der Waals surface area (Å²) in [5, 5.41) is 3.37. The van der Waals surface area contributed by atoms with E-state index in [1.807, 2.05) is 9.80 Å². The fourth-order valence-corrected chi connectivity index (χ4v) is 3.76. The smallest absolute Gasteiger partial charge is 0.225 e. The average Bonchev–Trinajstić information content (AvgIpc) is 2.61. The number of amides is 1. The van der Waals surface area contributed by atoms with Gasteiger partial charge in [-0.15, -0.1) is 12.4 Å². The molecule has 144 valence electrons. The van der Waals surface area contributed by atoms with Gasteiger partial charge in [0.25, 0.3) is 0 Å². The molecular formula is C19H27ClFN3O2. The number of hydrogen-bond donors (Lipinski definition) is 1. The van der Waals surface area contributed by atoms with Crippen LogP contribution in [0.4, 0.5) is 10.1 Å². The van der Waals surface area contributed by atoms with Crippen molar-refractivity contribution in [1.29, 1.82) is 0 Å². The quantitative estimate of drug-likeness (QED) is 0.815. The number of piperazine rings is 1. The van der Waals surface area contributed by atoms with E-state index in [1.54, 1.807) is 12.1 Å². The first-order valence-corrected chi connectivity index (χ1v) is 9.03. The minimum absolute atomic E-state index is 0. The van der Waals surface area contributed by atoms with Crippen LogP contribution in [0.15, 0.2) is 18.2 Å². The second-order valence-electron chi connectivity index (χ2n) is 7.11. The normalized spacial score (nSPS) is 23.3. The molecule has 1 aromatic rings. The maximum Gasteiger partial charge on any atom is 0.225 e. The summed E-state index contributed by atoms with van der Waals surface area (Å²) in [6, 6.07) is 5.01. The highest BCUT2D eigenvalue weighted by atomic mass is 35.5. The zero-order valence-electron chi connectivity index (χ0n) is 15.3. The molecule has 2 atom stereocenters. The van der Waals surface area contributed by atoms with Crippen LogP contribution in [0.3, 0.4) is 0 Å². The number of rotatable bonds is 3. The van der Waals surface area contributed by atoms with Crippen molar-refractivity contribution in [2.45, 2.75) is 32.7 Å². The molecule has 2 saturated heterocycles. The van der Waals surface area contributed by atoms with Crippen molar-refractivity contribution in [2.24, 2.45) is 5.92 Å². The summed E-state index contributed by atoms with van der Waals surface area (Å²) >= 11 is 0. The molecule has 2 heterocycles. The molecule has 0 radical (unpaired) electrons. The maximum absolute atomic E-state index is 14.3. The number of halogens is 2. The van der Waals surface area contributed by atoms with Crippen LogP contribution in [0.1, 0.15) is 37.0 Å². The van der Waals surface area contributed by atoms with Gasteiger partial charge in [0.15, 0.2) is 5.78 Å². The van der Waals surface area contributed by atoms with Crippen LogP contribution in [-0.2, 0) is 4.79 Å². The molecule has 0 spiro atoms. The van der Waals surface area contributed by atoms with Gasteiger partial charge in [0.05, 0.1) is 5.69 Å². The molecule has 0 bridgehead atoms. The van der Waals surface area contributed by atoms with E-state index in [1.165, 1.54) is 13.0 Å². The van der Waals surface area contributed by atoms with Crippen molar-refractivity contribution < 1.29 is 14.0 Å². The molecule has 2 fully saturated rings. The van der Waals surface area contributed by atoms with Crippen LogP contribution in [-0.4, -0.2) is 55.4 Å². The molecule has 1 aromatic carbocycles. The Bertz CT molecular complexity index is 662. The van der Waals surface area contributed by atoms with Crippen molar-refractivity contribution in [1.82, 2.24) is 10.2 Å². The lowest BCUT2D eigenvalue weighted by molar-refractivity contribution is -0.137. The monoisotopic (exact) mass is 383 g/mol. The van der Waals surface area contributed by atoms with Crippen molar-refractivity contribution in [3.8, 4) is 0 Å². The predicted octanol–water partition coefficient (Wildman–Crippen LogP) is 2.49. The number of ketones is 1. The van der Waals surface area contributed by atoms with Gasteiger partial charge >= 0.3 is 0 Å². The van der Waals surface area contributed by atoms with E-state index in [0.717, 1.165) is 19.4 Å². The Labute approximate surface area is 160 Å². The highest BCUT2D eigenvalue weighted by molar-refractivity contribution is 5.94. The number of Topliss-reactive ketones (excluding diaryl/α,β-unsaturated/α-hetero) is 1. The van der Waals surface area contributed by atoms with Gasteiger partial charge in [-0.25, -0.2) is 4.39 Å². The Morgan fingerprint density at radius 1 is 1.19 bits per heavy atom. The van der Waals surface area contributed by atoms with Gasteiger partial charge in [-0.2, -0.15) is 0 Å². The summed E-state index contributed by atoms with van der Waals surface area (Å²) in [6.07, 6.45) is 1.78. The highest BCUT2D eigenvalue weighted by Gasteiger charge is 2.30. The third-order valence-corrected chi connectivity index (χ3v) is 5.26. The number of benzene rings is 1. The Morgan fingerprint density at radius 3 is 2.46 bits per heavy atom. The second-order valence-corrected chi connectivity index (χ2v) is 7.11. The van der Waals surface area contributed by atoms with E-state index in [4.69, 9.17) is 0 Å². The van der Waals surface area contributed by atoms with Crippen molar-refractivity contribution in [2.75, 3.05) is 37.6 Å². The van der Waals surface area contributed by atoms with Gasteiger partial charge in [-0.1, -0.05) is 0 Å². The van der Waals surface area contributed by atoms with Gasteiger partial charge in [0.2, 0.25) is 5.91 Å². The molecule has 0 aromatic heterocycles. The number of piperidine rings is 1. The fourth-order valence-electron chi connectivity index (χ4n) is 3.76. The first kappa shape index (κ1) is 20.6. The van der Waals surface area contributed by atoms with Gasteiger partial charge in [0, 0.05) is 43.7 Å². The van der Waals surface area contributed by atoms with Gasteiger partial charge in [0.1, 0.15) is 5.82 Å². The van der Waals surface area contributed by atoms with E-state index >= 15 is 0 Å². The van der Waals surface area contributed by atoms with Crippen LogP contribution >= 0.6 is 12.4 Å². The number of hydrogen-bond acceptors (Lipinski definition) is 4. The number of carbonyl (C=O) groups is 2. The minimum Gasteiger partial charge on any atom is -0.366 e. The zero-order chi connectivity index (χ0) is 18.0. The summed E-state index contributed by atoms with van der Waals surface area (Å²) < 4.78 is 14.3. The molecule has 5 nitrogen and oxygen atoms in total. The molecular weight excluding hydrogens is 357 g/mol. The summed E-state index contributed by atoms with van der Waals surface area (Å²) in [6.45, 7) is 6.90. The molecule has 1 N–H and O–H groups in total. The third-order valence-electron chi connectivity index (χ3n) is 5.26. The Balaban J connectivity index is 0.00000243. The first-order valence-electron chi connectivity index (χ1n) is 9.03. The minimum atomic E-state index is -0.375. The van der Waals surface area contributed by atoms with Crippen LogP contribution in [0, 0.1) is 11.7 Å². The van der Waals surface area contributed by atoms with E-state index in [0.29, 0.717) is 43.5 Å². The van der Waals surface area contributed by atoms with E-state index in [-0.39, 0.29) is 35.8 Å². The molecule has 1 amide bonds. The zero-order valence-corrected chi connectivity index (χ0v) is 16.2. The van der Waals surface area contributed by atoms with Crippen LogP contribution in [0.5, 0.6) is 0 Å². The van der Waals surface area contributed by atoms with Crippen LogP contribution in [0.25, 0.3) is 0 Å². The Hall–Kier alpha value is -1.66. The van der Waals surface area contributed by atoms with Gasteiger partial charge in [-0.05, 0) is 51.4 Å². The van der Waals surface area contributed by atoms with Crippen molar-refractivity contribution in [3.05, 3.63) is 29.6 Å². The predicted molar refractivity (Wildman–Crippen MR) is 103 cm³/mol. The summed E-state index contributed by atoms with van der Waals surface area (Å²) in [4.78, 5) is 27.9. The lowest BCUT2D eigenvalue weighted by Crippen LogP contribution is -2.52. The van der Waals surface area contributed by atoms with E-state index in [2.05, 4.69) is 12.2 Å². The number of carbonyl (C=O) groups excluding carboxylic acids is 2. The topological polar surface area (TPSA) is 52.7 Å². The highest BCUT2D eigenvalue weighted by Crippen LogP contribution is 2.24. The van der Waals surface area contributed by atoms with Gasteiger partial charge < -0.3 is 15.1 Å².